The maximum absolute atomic E-state index is 12.2. The molecule has 1 saturated carbocycles. The van der Waals surface area contributed by atoms with Crippen molar-refractivity contribution in [3.8, 4) is 0 Å². The van der Waals surface area contributed by atoms with Gasteiger partial charge in [0.1, 0.15) is 0 Å². The SMILES string of the molecule is CC1CCC(C(=O)NC2CCC(C)(C)CC2)CN1. The highest BCUT2D eigenvalue weighted by Crippen LogP contribution is 2.35. The van der Waals surface area contributed by atoms with Crippen molar-refractivity contribution in [2.24, 2.45) is 11.3 Å². The largest absolute Gasteiger partial charge is 0.353 e. The molecule has 0 spiro atoms. The highest BCUT2D eigenvalue weighted by atomic mass is 16.2. The lowest BCUT2D eigenvalue weighted by Crippen LogP contribution is -2.47. The first-order valence-electron chi connectivity index (χ1n) is 7.50. The van der Waals surface area contributed by atoms with Crippen LogP contribution in [-0.4, -0.2) is 24.5 Å². The fourth-order valence-electron chi connectivity index (χ4n) is 3.09. The van der Waals surface area contributed by atoms with Gasteiger partial charge in [-0.15, -0.1) is 0 Å². The van der Waals surface area contributed by atoms with E-state index in [9.17, 15) is 4.79 Å². The van der Waals surface area contributed by atoms with Gasteiger partial charge in [0, 0.05) is 18.6 Å². The number of nitrogens with one attached hydrogen (secondary N) is 2. The van der Waals surface area contributed by atoms with E-state index in [0.717, 1.165) is 32.2 Å². The highest BCUT2D eigenvalue weighted by molar-refractivity contribution is 5.79. The lowest BCUT2D eigenvalue weighted by Gasteiger charge is -2.35. The standard InChI is InChI=1S/C15H28N2O/c1-11-4-5-12(10-16-11)14(18)17-13-6-8-15(2,3)9-7-13/h11-13,16H,4-10H2,1-3H3,(H,17,18). The zero-order valence-corrected chi connectivity index (χ0v) is 12.1. The summed E-state index contributed by atoms with van der Waals surface area (Å²) in [6.07, 6.45) is 6.92. The Morgan fingerprint density at radius 1 is 1.17 bits per heavy atom. The van der Waals surface area contributed by atoms with Gasteiger partial charge < -0.3 is 10.6 Å². The summed E-state index contributed by atoms with van der Waals surface area (Å²) >= 11 is 0. The molecule has 1 heterocycles. The van der Waals surface area contributed by atoms with Crippen LogP contribution in [0.25, 0.3) is 0 Å². The number of carbonyl (C=O) groups excluding carboxylic acids is 1. The van der Waals surface area contributed by atoms with Gasteiger partial charge in [0.25, 0.3) is 0 Å². The van der Waals surface area contributed by atoms with Gasteiger partial charge in [0.05, 0.1) is 5.92 Å². The molecule has 0 aromatic rings. The average molecular weight is 252 g/mol. The zero-order valence-electron chi connectivity index (χ0n) is 12.1. The van der Waals surface area contributed by atoms with Crippen LogP contribution in [-0.2, 0) is 4.79 Å². The Labute approximate surface area is 111 Å². The van der Waals surface area contributed by atoms with Crippen molar-refractivity contribution in [3.63, 3.8) is 0 Å². The second-order valence-electron chi connectivity index (χ2n) is 7.03. The van der Waals surface area contributed by atoms with Crippen LogP contribution in [0.2, 0.25) is 0 Å². The Balaban J connectivity index is 1.75. The van der Waals surface area contributed by atoms with Crippen molar-refractivity contribution in [3.05, 3.63) is 0 Å². The van der Waals surface area contributed by atoms with Gasteiger partial charge in [0.2, 0.25) is 5.91 Å². The molecule has 2 atom stereocenters. The molecule has 0 aromatic carbocycles. The number of hydrogen-bond acceptors (Lipinski definition) is 2. The summed E-state index contributed by atoms with van der Waals surface area (Å²) in [6, 6.07) is 0.995. The van der Waals surface area contributed by atoms with E-state index in [4.69, 9.17) is 0 Å². The number of carbonyl (C=O) groups is 1. The third kappa shape index (κ3) is 3.71. The first-order valence-corrected chi connectivity index (χ1v) is 7.50. The number of hydrogen-bond donors (Lipinski definition) is 2. The van der Waals surface area contributed by atoms with Crippen LogP contribution in [0.15, 0.2) is 0 Å². The van der Waals surface area contributed by atoms with Crippen molar-refractivity contribution in [2.45, 2.75) is 71.4 Å². The molecule has 2 rings (SSSR count). The van der Waals surface area contributed by atoms with E-state index in [0.29, 0.717) is 17.5 Å². The molecule has 1 saturated heterocycles. The van der Waals surface area contributed by atoms with Gasteiger partial charge in [0.15, 0.2) is 0 Å². The molecule has 2 fully saturated rings. The van der Waals surface area contributed by atoms with E-state index >= 15 is 0 Å². The normalized spacial score (nSPS) is 33.1. The summed E-state index contributed by atoms with van der Waals surface area (Å²) in [6.45, 7) is 7.71. The Morgan fingerprint density at radius 3 is 2.39 bits per heavy atom. The summed E-state index contributed by atoms with van der Waals surface area (Å²) in [7, 11) is 0. The predicted octanol–water partition coefficient (Wildman–Crippen LogP) is 2.46. The van der Waals surface area contributed by atoms with Crippen molar-refractivity contribution in [1.29, 1.82) is 0 Å². The quantitative estimate of drug-likeness (QED) is 0.792. The molecule has 2 N–H and O–H groups in total. The lowest BCUT2D eigenvalue weighted by atomic mass is 9.75. The first kappa shape index (κ1) is 13.9. The Hall–Kier alpha value is -0.570. The lowest BCUT2D eigenvalue weighted by molar-refractivity contribution is -0.126. The van der Waals surface area contributed by atoms with E-state index in [-0.39, 0.29) is 11.8 Å². The molecule has 0 bridgehead atoms. The fraction of sp³-hybridized carbons (Fsp3) is 0.933. The summed E-state index contributed by atoms with van der Waals surface area (Å²) in [5.41, 5.74) is 0.475. The smallest absolute Gasteiger partial charge is 0.224 e. The third-order valence-electron chi connectivity index (χ3n) is 4.72. The van der Waals surface area contributed by atoms with Gasteiger partial charge in [-0.25, -0.2) is 0 Å². The van der Waals surface area contributed by atoms with Crippen molar-refractivity contribution in [2.75, 3.05) is 6.54 Å². The van der Waals surface area contributed by atoms with Crippen LogP contribution in [0.4, 0.5) is 0 Å². The average Bonchev–Trinajstić information content (AvgIpc) is 2.33. The molecule has 0 radical (unpaired) electrons. The minimum absolute atomic E-state index is 0.191. The maximum Gasteiger partial charge on any atom is 0.224 e. The van der Waals surface area contributed by atoms with E-state index in [1.165, 1.54) is 12.8 Å². The molecule has 2 unspecified atom stereocenters. The predicted molar refractivity (Wildman–Crippen MR) is 74.4 cm³/mol. The van der Waals surface area contributed by atoms with Gasteiger partial charge in [-0.2, -0.15) is 0 Å². The van der Waals surface area contributed by atoms with Gasteiger partial charge in [-0.1, -0.05) is 13.8 Å². The second-order valence-corrected chi connectivity index (χ2v) is 7.03. The van der Waals surface area contributed by atoms with Crippen LogP contribution < -0.4 is 10.6 Å². The second kappa shape index (κ2) is 5.60. The monoisotopic (exact) mass is 252 g/mol. The van der Waals surface area contributed by atoms with Crippen LogP contribution in [0.1, 0.15) is 59.3 Å². The van der Waals surface area contributed by atoms with E-state index in [2.05, 4.69) is 31.4 Å². The summed E-state index contributed by atoms with van der Waals surface area (Å²) in [5, 5.41) is 6.66. The summed E-state index contributed by atoms with van der Waals surface area (Å²) in [4.78, 5) is 12.2. The highest BCUT2D eigenvalue weighted by Gasteiger charge is 2.30. The molecule has 1 aliphatic heterocycles. The van der Waals surface area contributed by atoms with Crippen molar-refractivity contribution >= 4 is 5.91 Å². The number of piperidine rings is 1. The Morgan fingerprint density at radius 2 is 1.83 bits per heavy atom. The fourth-order valence-corrected chi connectivity index (χ4v) is 3.09. The molecule has 0 aromatic heterocycles. The topological polar surface area (TPSA) is 41.1 Å². The van der Waals surface area contributed by atoms with Crippen LogP contribution in [0.5, 0.6) is 0 Å². The molecule has 3 heteroatoms. The van der Waals surface area contributed by atoms with Crippen LogP contribution in [0.3, 0.4) is 0 Å². The van der Waals surface area contributed by atoms with Crippen LogP contribution >= 0.6 is 0 Å². The molecule has 18 heavy (non-hydrogen) atoms. The molecule has 1 aliphatic carbocycles. The minimum atomic E-state index is 0.191. The summed E-state index contributed by atoms with van der Waals surface area (Å²) in [5.74, 6) is 0.468. The molecule has 1 amide bonds. The Bertz CT molecular complexity index is 283. The minimum Gasteiger partial charge on any atom is -0.353 e. The molecular formula is C15H28N2O. The number of amides is 1. The maximum atomic E-state index is 12.2. The van der Waals surface area contributed by atoms with Crippen molar-refractivity contribution in [1.82, 2.24) is 10.6 Å². The van der Waals surface area contributed by atoms with E-state index < -0.39 is 0 Å². The molecular weight excluding hydrogens is 224 g/mol. The third-order valence-corrected chi connectivity index (χ3v) is 4.72. The van der Waals surface area contributed by atoms with E-state index in [1.807, 2.05) is 0 Å². The van der Waals surface area contributed by atoms with E-state index in [1.54, 1.807) is 0 Å². The van der Waals surface area contributed by atoms with Gasteiger partial charge in [-0.05, 0) is 50.9 Å². The number of rotatable bonds is 2. The summed E-state index contributed by atoms with van der Waals surface area (Å²) < 4.78 is 0. The van der Waals surface area contributed by atoms with Crippen LogP contribution in [0, 0.1) is 11.3 Å². The molecule has 3 nitrogen and oxygen atoms in total. The van der Waals surface area contributed by atoms with Gasteiger partial charge >= 0.3 is 0 Å². The van der Waals surface area contributed by atoms with Crippen molar-refractivity contribution < 1.29 is 4.79 Å². The zero-order chi connectivity index (χ0) is 13.2. The first-order chi connectivity index (χ1) is 8.46. The molecule has 104 valence electrons. The Kier molecular flexibility index (Phi) is 4.31. The molecule has 2 aliphatic rings. The van der Waals surface area contributed by atoms with Gasteiger partial charge in [-0.3, -0.25) is 4.79 Å².